The fourth-order valence-corrected chi connectivity index (χ4v) is 3.66. The van der Waals surface area contributed by atoms with Gasteiger partial charge in [-0.1, -0.05) is 11.6 Å². The van der Waals surface area contributed by atoms with Crippen molar-refractivity contribution in [1.29, 1.82) is 0 Å². The normalized spacial score (nSPS) is 21.3. The number of methoxy groups -OCH3 is 1. The summed E-state index contributed by atoms with van der Waals surface area (Å²) in [5, 5.41) is 17.8. The van der Waals surface area contributed by atoms with Crippen LogP contribution in [0.5, 0.6) is 5.75 Å². The summed E-state index contributed by atoms with van der Waals surface area (Å²) in [6.07, 6.45) is 3.79. The second-order valence-electron chi connectivity index (χ2n) is 7.17. The lowest BCUT2D eigenvalue weighted by molar-refractivity contribution is -0.0236. The second kappa shape index (κ2) is 10.0. The summed E-state index contributed by atoms with van der Waals surface area (Å²) in [6, 6.07) is 5.99. The fraction of sp³-hybridized carbons (Fsp3) is 0.632. The molecule has 6 nitrogen and oxygen atoms in total. The first-order valence-electron chi connectivity index (χ1n) is 9.39. The number of guanidine groups is 1. The third kappa shape index (κ3) is 5.77. The summed E-state index contributed by atoms with van der Waals surface area (Å²) in [5.41, 5.74) is 0.424. The van der Waals surface area contributed by atoms with Crippen LogP contribution in [-0.4, -0.2) is 56.0 Å². The maximum atomic E-state index is 10.3. The van der Waals surface area contributed by atoms with Crippen molar-refractivity contribution in [3.63, 3.8) is 0 Å². The van der Waals surface area contributed by atoms with E-state index in [-0.39, 0.29) is 30.0 Å². The fourth-order valence-electron chi connectivity index (χ4n) is 3.49. The van der Waals surface area contributed by atoms with Crippen LogP contribution in [0.15, 0.2) is 23.2 Å². The lowest BCUT2D eigenvalue weighted by Gasteiger charge is -2.35. The van der Waals surface area contributed by atoms with E-state index in [1.54, 1.807) is 7.11 Å². The van der Waals surface area contributed by atoms with Gasteiger partial charge in [-0.3, -0.25) is 4.99 Å². The Hall–Kier alpha value is -0.930. The highest BCUT2D eigenvalue weighted by atomic mass is 127. The molecule has 1 saturated heterocycles. The van der Waals surface area contributed by atoms with Crippen molar-refractivity contribution in [2.45, 2.75) is 44.2 Å². The Balaban J connectivity index is 0.00000261. The van der Waals surface area contributed by atoms with Gasteiger partial charge >= 0.3 is 0 Å². The van der Waals surface area contributed by atoms with E-state index in [9.17, 15) is 5.11 Å². The van der Waals surface area contributed by atoms with Crippen LogP contribution in [0.4, 0.5) is 5.69 Å². The average Bonchev–Trinajstić information content (AvgIpc) is 3.06. The Labute approximate surface area is 183 Å². The lowest BCUT2D eigenvalue weighted by atomic mass is 9.80. The number of halogens is 2. The molecular weight excluding hydrogens is 479 g/mol. The van der Waals surface area contributed by atoms with Crippen molar-refractivity contribution < 1.29 is 9.84 Å². The Morgan fingerprint density at radius 3 is 2.85 bits per heavy atom. The van der Waals surface area contributed by atoms with Crippen LogP contribution in [0.25, 0.3) is 0 Å². The molecule has 1 aromatic rings. The minimum atomic E-state index is -0.599. The summed E-state index contributed by atoms with van der Waals surface area (Å²) < 4.78 is 5.48. The molecule has 0 spiro atoms. The Kier molecular flexibility index (Phi) is 8.30. The third-order valence-corrected chi connectivity index (χ3v) is 5.41. The van der Waals surface area contributed by atoms with Gasteiger partial charge in [0.15, 0.2) is 5.96 Å². The molecule has 1 unspecified atom stereocenters. The maximum Gasteiger partial charge on any atom is 0.191 e. The first kappa shape index (κ1) is 22.4. The van der Waals surface area contributed by atoms with E-state index in [4.69, 9.17) is 16.3 Å². The largest absolute Gasteiger partial charge is 0.495 e. The highest BCUT2D eigenvalue weighted by Gasteiger charge is 2.34. The van der Waals surface area contributed by atoms with Crippen LogP contribution < -0.4 is 20.3 Å². The lowest BCUT2D eigenvalue weighted by Crippen LogP contribution is -2.46. The van der Waals surface area contributed by atoms with E-state index in [1.807, 2.05) is 25.1 Å². The molecular formula is C19H30ClIN4O2. The molecule has 1 atom stereocenters. The molecule has 27 heavy (non-hydrogen) atoms. The van der Waals surface area contributed by atoms with Gasteiger partial charge in [-0.05, 0) is 50.8 Å². The van der Waals surface area contributed by atoms with E-state index in [1.165, 1.54) is 0 Å². The molecule has 1 aromatic carbocycles. The van der Waals surface area contributed by atoms with Gasteiger partial charge in [0.05, 0.1) is 24.9 Å². The molecule has 2 aliphatic rings. The van der Waals surface area contributed by atoms with Crippen molar-refractivity contribution in [2.75, 3.05) is 38.2 Å². The molecule has 2 fully saturated rings. The molecule has 1 heterocycles. The smallest absolute Gasteiger partial charge is 0.191 e. The van der Waals surface area contributed by atoms with E-state index in [2.05, 4.69) is 20.5 Å². The zero-order chi connectivity index (χ0) is 18.6. The highest BCUT2D eigenvalue weighted by molar-refractivity contribution is 14.0. The molecule has 152 valence electrons. The Morgan fingerprint density at radius 2 is 2.22 bits per heavy atom. The molecule has 0 bridgehead atoms. The summed E-state index contributed by atoms with van der Waals surface area (Å²) >= 11 is 6.17. The summed E-state index contributed by atoms with van der Waals surface area (Å²) in [7, 11) is 1.68. The van der Waals surface area contributed by atoms with Gasteiger partial charge in [0.1, 0.15) is 5.75 Å². The number of anilines is 1. The molecule has 8 heteroatoms. The predicted octanol–water partition coefficient (Wildman–Crippen LogP) is 3.02. The topological polar surface area (TPSA) is 69.1 Å². The molecule has 3 N–H and O–H groups in total. The number of aliphatic imine (C=N–C) groups is 1. The highest BCUT2D eigenvalue weighted by Crippen LogP contribution is 2.33. The SMILES string of the molecule is CCNC(=NCC1(O)CCC1)NC1CCN(c2cc(Cl)ccc2OC)C1.I. The number of ether oxygens (including phenoxy) is 1. The van der Waals surface area contributed by atoms with E-state index < -0.39 is 5.60 Å². The molecule has 3 rings (SSSR count). The number of nitrogens with zero attached hydrogens (tertiary/aromatic N) is 2. The van der Waals surface area contributed by atoms with Crippen molar-refractivity contribution in [2.24, 2.45) is 4.99 Å². The van der Waals surface area contributed by atoms with Gasteiger partial charge in [0.25, 0.3) is 0 Å². The quantitative estimate of drug-likeness (QED) is 0.313. The molecule has 1 saturated carbocycles. The van der Waals surface area contributed by atoms with Gasteiger partial charge in [-0.15, -0.1) is 24.0 Å². The van der Waals surface area contributed by atoms with E-state index in [0.717, 1.165) is 62.7 Å². The predicted molar refractivity (Wildman–Crippen MR) is 122 cm³/mol. The molecule has 0 radical (unpaired) electrons. The standard InChI is InChI=1S/C19H29ClN4O2.HI/c1-3-21-18(22-13-19(25)8-4-9-19)23-15-7-10-24(12-15)16-11-14(20)5-6-17(16)26-2;/h5-6,11,15,25H,3-4,7-10,12-13H2,1-2H3,(H2,21,22,23);1H. The van der Waals surface area contributed by atoms with Crippen molar-refractivity contribution in [1.82, 2.24) is 10.6 Å². The number of hydrogen-bond donors (Lipinski definition) is 3. The van der Waals surface area contributed by atoms with Crippen molar-refractivity contribution in [3.05, 3.63) is 23.2 Å². The number of rotatable bonds is 6. The van der Waals surface area contributed by atoms with Crippen molar-refractivity contribution >= 4 is 47.2 Å². The van der Waals surface area contributed by atoms with Gasteiger partial charge in [0.2, 0.25) is 0 Å². The Morgan fingerprint density at radius 1 is 1.44 bits per heavy atom. The first-order chi connectivity index (χ1) is 12.5. The number of hydrogen-bond acceptors (Lipinski definition) is 4. The maximum absolute atomic E-state index is 10.3. The molecule has 1 aliphatic carbocycles. The van der Waals surface area contributed by atoms with Crippen LogP contribution >= 0.6 is 35.6 Å². The molecule has 0 aromatic heterocycles. The van der Waals surface area contributed by atoms with Crippen molar-refractivity contribution in [3.8, 4) is 5.75 Å². The Bertz CT molecular complexity index is 655. The number of nitrogens with one attached hydrogen (secondary N) is 2. The minimum Gasteiger partial charge on any atom is -0.495 e. The summed E-state index contributed by atoms with van der Waals surface area (Å²) in [5.74, 6) is 1.61. The zero-order valence-corrected chi connectivity index (χ0v) is 19.1. The molecule has 0 amide bonds. The van der Waals surface area contributed by atoms with Gasteiger partial charge in [-0.2, -0.15) is 0 Å². The zero-order valence-electron chi connectivity index (χ0n) is 16.0. The number of benzene rings is 1. The third-order valence-electron chi connectivity index (χ3n) is 5.17. The van der Waals surface area contributed by atoms with Gasteiger partial charge in [-0.25, -0.2) is 0 Å². The van der Waals surface area contributed by atoms with E-state index >= 15 is 0 Å². The average molecular weight is 509 g/mol. The van der Waals surface area contributed by atoms with Crippen LogP contribution in [0, 0.1) is 0 Å². The van der Waals surface area contributed by atoms with Gasteiger partial charge < -0.3 is 25.4 Å². The van der Waals surface area contributed by atoms with Crippen LogP contribution in [-0.2, 0) is 0 Å². The molecule has 1 aliphatic heterocycles. The summed E-state index contributed by atoms with van der Waals surface area (Å²) in [4.78, 5) is 6.88. The first-order valence-corrected chi connectivity index (χ1v) is 9.76. The van der Waals surface area contributed by atoms with Crippen LogP contribution in [0.2, 0.25) is 5.02 Å². The summed E-state index contributed by atoms with van der Waals surface area (Å²) in [6.45, 7) is 5.08. The van der Waals surface area contributed by atoms with Gasteiger partial charge in [0, 0.05) is 30.7 Å². The van der Waals surface area contributed by atoms with E-state index in [0.29, 0.717) is 11.6 Å². The number of aliphatic hydroxyl groups is 1. The van der Waals surface area contributed by atoms with Crippen LogP contribution in [0.3, 0.4) is 0 Å². The van der Waals surface area contributed by atoms with Crippen LogP contribution in [0.1, 0.15) is 32.6 Å². The second-order valence-corrected chi connectivity index (χ2v) is 7.60. The monoisotopic (exact) mass is 508 g/mol. The minimum absolute atomic E-state index is 0.